The summed E-state index contributed by atoms with van der Waals surface area (Å²) in [6.07, 6.45) is 1.06. The minimum Gasteiger partial charge on any atom is -0.490 e. The molecule has 2 atom stereocenters. The molecule has 1 aromatic carbocycles. The first-order valence-corrected chi connectivity index (χ1v) is 6.07. The Morgan fingerprint density at radius 1 is 1.44 bits per heavy atom. The minimum absolute atomic E-state index is 0.0577. The molecule has 0 saturated carbocycles. The molecule has 0 fully saturated rings. The van der Waals surface area contributed by atoms with Gasteiger partial charge in [0.15, 0.2) is 0 Å². The largest absolute Gasteiger partial charge is 0.490 e. The third-order valence-electron chi connectivity index (χ3n) is 2.89. The van der Waals surface area contributed by atoms with Gasteiger partial charge in [0.1, 0.15) is 12.4 Å². The summed E-state index contributed by atoms with van der Waals surface area (Å²) in [5.41, 5.74) is 7.12. The Hall–Kier alpha value is -0.730. The summed E-state index contributed by atoms with van der Waals surface area (Å²) in [4.78, 5) is 0. The van der Waals surface area contributed by atoms with E-state index in [9.17, 15) is 0 Å². The van der Waals surface area contributed by atoms with Crippen LogP contribution >= 0.6 is 11.6 Å². The molecule has 3 heteroatoms. The van der Waals surface area contributed by atoms with Gasteiger partial charge in [0.05, 0.1) is 5.02 Å². The summed E-state index contributed by atoms with van der Waals surface area (Å²) in [5, 5.41) is 0.649. The molecule has 2 unspecified atom stereocenters. The lowest BCUT2D eigenvalue weighted by Crippen LogP contribution is -2.34. The SMILES string of the molecule is CCC(C)C(N)COc1ccc(C)cc1Cl. The van der Waals surface area contributed by atoms with Crippen molar-refractivity contribution in [3.63, 3.8) is 0 Å². The number of benzene rings is 1. The molecule has 0 spiro atoms. The lowest BCUT2D eigenvalue weighted by atomic mass is 10.0. The molecule has 2 N–H and O–H groups in total. The second kappa shape index (κ2) is 6.12. The molecule has 16 heavy (non-hydrogen) atoms. The van der Waals surface area contributed by atoms with E-state index in [0.29, 0.717) is 23.3 Å². The van der Waals surface area contributed by atoms with Crippen molar-refractivity contribution in [2.45, 2.75) is 33.2 Å². The molecular formula is C13H20ClNO. The Bertz CT molecular complexity index is 341. The van der Waals surface area contributed by atoms with Crippen molar-refractivity contribution in [2.75, 3.05) is 6.61 Å². The van der Waals surface area contributed by atoms with Gasteiger partial charge in [-0.25, -0.2) is 0 Å². The average Bonchev–Trinajstić information content (AvgIpc) is 2.26. The molecule has 0 amide bonds. The molecule has 0 saturated heterocycles. The monoisotopic (exact) mass is 241 g/mol. The highest BCUT2D eigenvalue weighted by molar-refractivity contribution is 6.32. The van der Waals surface area contributed by atoms with E-state index < -0.39 is 0 Å². The lowest BCUT2D eigenvalue weighted by molar-refractivity contribution is 0.250. The van der Waals surface area contributed by atoms with Gasteiger partial charge >= 0.3 is 0 Å². The maximum absolute atomic E-state index is 6.06. The van der Waals surface area contributed by atoms with Crippen molar-refractivity contribution in [3.05, 3.63) is 28.8 Å². The number of aryl methyl sites for hydroxylation is 1. The molecule has 0 radical (unpaired) electrons. The fourth-order valence-corrected chi connectivity index (χ4v) is 1.67. The highest BCUT2D eigenvalue weighted by Gasteiger charge is 2.12. The van der Waals surface area contributed by atoms with Crippen LogP contribution in [0.1, 0.15) is 25.8 Å². The fraction of sp³-hybridized carbons (Fsp3) is 0.538. The minimum atomic E-state index is 0.0577. The van der Waals surface area contributed by atoms with Crippen molar-refractivity contribution in [2.24, 2.45) is 11.7 Å². The predicted molar refractivity (Wildman–Crippen MR) is 69.1 cm³/mol. The number of rotatable bonds is 5. The molecule has 1 rings (SSSR count). The first-order valence-electron chi connectivity index (χ1n) is 5.69. The maximum atomic E-state index is 6.06. The number of ether oxygens (including phenoxy) is 1. The van der Waals surface area contributed by atoms with Gasteiger partial charge in [0, 0.05) is 6.04 Å². The molecule has 0 bridgehead atoms. The Kier molecular flexibility index (Phi) is 5.10. The lowest BCUT2D eigenvalue weighted by Gasteiger charge is -2.19. The normalized spacial score (nSPS) is 14.6. The summed E-state index contributed by atoms with van der Waals surface area (Å²) in [5.74, 6) is 1.18. The summed E-state index contributed by atoms with van der Waals surface area (Å²) in [6.45, 7) is 6.77. The maximum Gasteiger partial charge on any atom is 0.137 e. The van der Waals surface area contributed by atoms with E-state index >= 15 is 0 Å². The molecule has 2 nitrogen and oxygen atoms in total. The average molecular weight is 242 g/mol. The number of hydrogen-bond acceptors (Lipinski definition) is 2. The first kappa shape index (κ1) is 13.3. The zero-order valence-electron chi connectivity index (χ0n) is 10.2. The Balaban J connectivity index is 2.54. The van der Waals surface area contributed by atoms with Crippen LogP contribution in [0.5, 0.6) is 5.75 Å². The Morgan fingerprint density at radius 2 is 2.12 bits per heavy atom. The van der Waals surface area contributed by atoms with E-state index in [2.05, 4.69) is 13.8 Å². The van der Waals surface area contributed by atoms with Crippen molar-refractivity contribution in [1.29, 1.82) is 0 Å². The van der Waals surface area contributed by atoms with Crippen LogP contribution in [0, 0.1) is 12.8 Å². The van der Waals surface area contributed by atoms with E-state index in [0.717, 1.165) is 12.0 Å². The van der Waals surface area contributed by atoms with E-state index in [1.54, 1.807) is 0 Å². The van der Waals surface area contributed by atoms with Gasteiger partial charge < -0.3 is 10.5 Å². The van der Waals surface area contributed by atoms with Gasteiger partial charge in [0.2, 0.25) is 0 Å². The van der Waals surface area contributed by atoms with Crippen molar-refractivity contribution in [1.82, 2.24) is 0 Å². The van der Waals surface area contributed by atoms with Gasteiger partial charge in [-0.15, -0.1) is 0 Å². The van der Waals surface area contributed by atoms with Gasteiger partial charge in [-0.1, -0.05) is 37.9 Å². The van der Waals surface area contributed by atoms with Crippen LogP contribution in [0.2, 0.25) is 5.02 Å². The van der Waals surface area contributed by atoms with Gasteiger partial charge in [-0.2, -0.15) is 0 Å². The van der Waals surface area contributed by atoms with E-state index in [1.807, 2.05) is 25.1 Å². The molecule has 0 aliphatic carbocycles. The summed E-state index contributed by atoms with van der Waals surface area (Å²) in [6, 6.07) is 5.82. The van der Waals surface area contributed by atoms with Crippen LogP contribution in [0.15, 0.2) is 18.2 Å². The standard InChI is InChI=1S/C13H20ClNO/c1-4-10(3)12(15)8-16-13-6-5-9(2)7-11(13)14/h5-7,10,12H,4,8,15H2,1-3H3. The third kappa shape index (κ3) is 3.69. The van der Waals surface area contributed by atoms with Crippen molar-refractivity contribution < 1.29 is 4.74 Å². The quantitative estimate of drug-likeness (QED) is 0.858. The van der Waals surface area contributed by atoms with E-state index in [4.69, 9.17) is 22.1 Å². The second-order valence-corrected chi connectivity index (χ2v) is 4.70. The smallest absolute Gasteiger partial charge is 0.137 e. The Morgan fingerprint density at radius 3 is 2.69 bits per heavy atom. The van der Waals surface area contributed by atoms with Crippen LogP contribution in [0.4, 0.5) is 0 Å². The topological polar surface area (TPSA) is 35.2 Å². The molecule has 0 aliphatic rings. The van der Waals surface area contributed by atoms with Gasteiger partial charge in [-0.3, -0.25) is 0 Å². The Labute approximate surface area is 103 Å². The van der Waals surface area contributed by atoms with Crippen LogP contribution in [-0.4, -0.2) is 12.6 Å². The van der Waals surface area contributed by atoms with Crippen LogP contribution < -0.4 is 10.5 Å². The summed E-state index contributed by atoms with van der Waals surface area (Å²) >= 11 is 6.06. The van der Waals surface area contributed by atoms with Crippen molar-refractivity contribution in [3.8, 4) is 5.75 Å². The predicted octanol–water partition coefficient (Wildman–Crippen LogP) is 3.40. The van der Waals surface area contributed by atoms with E-state index in [-0.39, 0.29) is 6.04 Å². The molecule has 0 aliphatic heterocycles. The highest BCUT2D eigenvalue weighted by Crippen LogP contribution is 2.25. The van der Waals surface area contributed by atoms with Crippen molar-refractivity contribution >= 4 is 11.6 Å². The van der Waals surface area contributed by atoms with Gasteiger partial charge in [-0.05, 0) is 30.5 Å². The number of halogens is 1. The summed E-state index contributed by atoms with van der Waals surface area (Å²) < 4.78 is 5.62. The molecule has 1 aromatic rings. The number of nitrogens with two attached hydrogens (primary N) is 1. The molecule has 0 aromatic heterocycles. The number of hydrogen-bond donors (Lipinski definition) is 1. The third-order valence-corrected chi connectivity index (χ3v) is 3.19. The summed E-state index contributed by atoms with van der Waals surface area (Å²) in [7, 11) is 0. The zero-order valence-corrected chi connectivity index (χ0v) is 10.9. The van der Waals surface area contributed by atoms with Crippen LogP contribution in [0.3, 0.4) is 0 Å². The highest BCUT2D eigenvalue weighted by atomic mass is 35.5. The first-order chi connectivity index (χ1) is 7.54. The van der Waals surface area contributed by atoms with E-state index in [1.165, 1.54) is 0 Å². The van der Waals surface area contributed by atoms with Gasteiger partial charge in [0.25, 0.3) is 0 Å². The molecule has 0 heterocycles. The fourth-order valence-electron chi connectivity index (χ4n) is 1.38. The van der Waals surface area contributed by atoms with Crippen LogP contribution in [0.25, 0.3) is 0 Å². The van der Waals surface area contributed by atoms with Crippen LogP contribution in [-0.2, 0) is 0 Å². The zero-order chi connectivity index (χ0) is 12.1. The molecular weight excluding hydrogens is 222 g/mol. The second-order valence-electron chi connectivity index (χ2n) is 4.29. The molecule has 90 valence electrons.